The second-order valence-electron chi connectivity index (χ2n) is 21.0. The maximum absolute atomic E-state index is 8.41. The van der Waals surface area contributed by atoms with Gasteiger partial charge in [0.05, 0.1) is 0 Å². The molecule has 9 heteroatoms. The largest absolute Gasteiger partial charge is 0.432 e. The Morgan fingerprint density at radius 2 is 0.463 bits per heavy atom. The highest BCUT2D eigenvalue weighted by Crippen LogP contribution is 2.63. The zero-order valence-electron chi connectivity index (χ0n) is 32.2. The molecule has 0 aliphatic heterocycles. The molecule has 0 aliphatic carbocycles. The molecule has 0 aromatic heterocycles. The highest BCUT2D eigenvalue weighted by molar-refractivity contribution is 7.27. The van der Waals surface area contributed by atoms with Gasteiger partial charge < -0.3 is 13.4 Å². The molecule has 0 unspecified atom stereocenters. The van der Waals surface area contributed by atoms with Crippen LogP contribution in [-0.4, -0.2) is 32.0 Å². The van der Waals surface area contributed by atoms with Gasteiger partial charge in [-0.2, -0.15) is 0 Å². The van der Waals surface area contributed by atoms with Crippen molar-refractivity contribution in [3.63, 3.8) is 0 Å². The van der Waals surface area contributed by atoms with Gasteiger partial charge in [0.25, 0.3) is 17.0 Å². The summed E-state index contributed by atoms with van der Waals surface area (Å²) in [6.07, 6.45) is 0. The molecule has 0 atom stereocenters. The smallest absolute Gasteiger partial charge is 0.264 e. The third kappa shape index (κ3) is 7.66. The lowest BCUT2D eigenvalue weighted by Crippen LogP contribution is -2.84. The van der Waals surface area contributed by atoms with E-state index >= 15 is 0 Å². The van der Waals surface area contributed by atoms with E-state index in [1.165, 1.54) is 0 Å². The summed E-state index contributed by atoms with van der Waals surface area (Å²) in [5.74, 6) is 0. The van der Waals surface area contributed by atoms with Crippen LogP contribution < -0.4 is 9.30 Å². The first-order valence-electron chi connectivity index (χ1n) is 15.8. The van der Waals surface area contributed by atoms with Gasteiger partial charge in [0.15, 0.2) is 0 Å². The van der Waals surface area contributed by atoms with E-state index < -0.39 is 32.0 Å². The van der Waals surface area contributed by atoms with Gasteiger partial charge in [-0.05, 0) is 40.3 Å². The van der Waals surface area contributed by atoms with Crippen molar-refractivity contribution in [2.45, 2.75) is 206 Å². The highest BCUT2D eigenvalue weighted by atomic mass is 35.6. The molecule has 0 fully saturated rings. The van der Waals surface area contributed by atoms with E-state index in [-0.39, 0.29) is 40.3 Å². The third-order valence-electron chi connectivity index (χ3n) is 9.36. The molecule has 0 rings (SSSR count). The molecular formula is C32H74Cl2N2OSi4. The highest BCUT2D eigenvalue weighted by Gasteiger charge is 2.71. The lowest BCUT2D eigenvalue weighted by atomic mass is 10.2. The predicted molar refractivity (Wildman–Crippen MR) is 200 cm³/mol. The molecule has 0 saturated carbocycles. The van der Waals surface area contributed by atoms with Crippen LogP contribution >= 0.6 is 22.2 Å². The zero-order valence-corrected chi connectivity index (χ0v) is 37.7. The molecule has 0 aliphatic rings. The van der Waals surface area contributed by atoms with Crippen LogP contribution in [-0.2, 0) is 4.12 Å². The quantitative estimate of drug-likeness (QED) is 0.216. The van der Waals surface area contributed by atoms with Crippen LogP contribution in [0.3, 0.4) is 0 Å². The average Bonchev–Trinajstić information content (AvgIpc) is 2.58. The van der Waals surface area contributed by atoms with Crippen LogP contribution in [0.2, 0.25) is 40.3 Å². The van der Waals surface area contributed by atoms with E-state index in [2.05, 4.69) is 175 Å². The minimum Gasteiger partial charge on any atom is -0.432 e. The second kappa shape index (κ2) is 11.5. The Bertz CT molecular complexity index is 768. The summed E-state index contributed by atoms with van der Waals surface area (Å²) in [6.45, 7) is 56.5. The summed E-state index contributed by atoms with van der Waals surface area (Å²) >= 11 is 16.2. The van der Waals surface area contributed by atoms with Gasteiger partial charge in [0, 0.05) is 0 Å². The van der Waals surface area contributed by atoms with E-state index in [4.69, 9.17) is 26.3 Å². The van der Waals surface area contributed by atoms with Crippen LogP contribution in [0.25, 0.3) is 0 Å². The number of nitrogens with one attached hydrogen (secondary N) is 2. The number of halogens is 2. The minimum atomic E-state index is -2.98. The fourth-order valence-corrected chi connectivity index (χ4v) is 42.7. The Morgan fingerprint density at radius 1 is 0.317 bits per heavy atom. The summed E-state index contributed by atoms with van der Waals surface area (Å²) in [7, 11) is -11.4. The predicted octanol–water partition coefficient (Wildman–Crippen LogP) is 12.8. The van der Waals surface area contributed by atoms with E-state index in [1.807, 2.05) is 0 Å². The van der Waals surface area contributed by atoms with Crippen molar-refractivity contribution in [2.24, 2.45) is 0 Å². The van der Waals surface area contributed by atoms with Crippen molar-refractivity contribution in [2.75, 3.05) is 0 Å². The van der Waals surface area contributed by atoms with Crippen LogP contribution in [0.15, 0.2) is 0 Å². The lowest BCUT2D eigenvalue weighted by Gasteiger charge is -2.66. The van der Waals surface area contributed by atoms with Crippen molar-refractivity contribution in [3.8, 4) is 0 Å². The molecule has 0 radical (unpaired) electrons. The Labute approximate surface area is 272 Å². The first-order valence-corrected chi connectivity index (χ1v) is 25.6. The van der Waals surface area contributed by atoms with Crippen molar-refractivity contribution >= 4 is 54.2 Å². The van der Waals surface area contributed by atoms with Gasteiger partial charge in [-0.1, -0.05) is 166 Å². The molecular weight excluding hydrogens is 612 g/mol. The molecule has 2 N–H and O–H groups in total. The third-order valence-corrected chi connectivity index (χ3v) is 42.6. The van der Waals surface area contributed by atoms with Crippen LogP contribution in [0, 0.1) is 0 Å². The number of rotatable bonds is 6. The summed E-state index contributed by atoms with van der Waals surface area (Å²) in [4.78, 5) is 0. The Morgan fingerprint density at radius 3 is 0.561 bits per heavy atom. The van der Waals surface area contributed by atoms with Crippen molar-refractivity contribution < 1.29 is 4.12 Å². The Hall–Kier alpha value is 1.33. The molecule has 0 aromatic carbocycles. The summed E-state index contributed by atoms with van der Waals surface area (Å²) in [5, 5.41) is -1.06. The number of hydrogen-bond acceptors (Lipinski definition) is 3. The Balaban J connectivity index is 8.36. The van der Waals surface area contributed by atoms with E-state index in [0.717, 1.165) is 0 Å². The molecule has 248 valence electrons. The second-order valence-corrected chi connectivity index (χ2v) is 44.6. The first-order chi connectivity index (χ1) is 17.1. The average molecular weight is 686 g/mol. The van der Waals surface area contributed by atoms with Gasteiger partial charge in [-0.3, -0.25) is 0 Å². The maximum atomic E-state index is 8.41. The molecule has 0 heterocycles. The monoisotopic (exact) mass is 684 g/mol. The lowest BCUT2D eigenvalue weighted by molar-refractivity contribution is 0.341. The van der Waals surface area contributed by atoms with Crippen molar-refractivity contribution in [1.29, 1.82) is 0 Å². The standard InChI is InChI=1S/C32H74Cl2N2OSi4/c1-25(2,3)38(33,26(4,5)6)35-40(29(13,14)15,30(16,17)18)37-41(31(19,20)21,32(22,23)24)36-39(34,27(7,8)9)28(10,11)12/h35-36H,1-24H3. The molecule has 0 amide bonds. The van der Waals surface area contributed by atoms with Crippen LogP contribution in [0.1, 0.15) is 166 Å². The molecule has 0 bridgehead atoms. The van der Waals surface area contributed by atoms with Gasteiger partial charge in [0.2, 0.25) is 15.1 Å². The maximum Gasteiger partial charge on any atom is 0.264 e. The normalized spacial score (nSPS) is 16.8. The molecule has 0 saturated heterocycles. The molecule has 0 aromatic rings. The Kier molecular flexibility index (Phi) is 11.9. The summed E-state index contributed by atoms with van der Waals surface area (Å²) in [6, 6.07) is 0. The zero-order chi connectivity index (χ0) is 34.1. The van der Waals surface area contributed by atoms with Crippen LogP contribution in [0.4, 0.5) is 0 Å². The van der Waals surface area contributed by atoms with Gasteiger partial charge >= 0.3 is 0 Å². The van der Waals surface area contributed by atoms with Crippen molar-refractivity contribution in [1.82, 2.24) is 9.30 Å². The van der Waals surface area contributed by atoms with E-state index in [9.17, 15) is 0 Å². The fraction of sp³-hybridized carbons (Fsp3) is 1.00. The molecule has 3 nitrogen and oxygen atoms in total. The van der Waals surface area contributed by atoms with Gasteiger partial charge in [-0.15, -0.1) is 22.2 Å². The van der Waals surface area contributed by atoms with Gasteiger partial charge in [-0.25, -0.2) is 0 Å². The van der Waals surface area contributed by atoms with E-state index in [1.54, 1.807) is 0 Å². The SMILES string of the molecule is CC(C)(C)[Si](Cl)(N[Si](O[Si](N[Si](Cl)(C(C)(C)C)C(C)(C)C)(C(C)(C)C)C(C)(C)C)(C(C)(C)C)C(C)(C)C)C(C)(C)C. The fourth-order valence-electron chi connectivity index (χ4n) is 7.38. The van der Waals surface area contributed by atoms with Crippen LogP contribution in [0.5, 0.6) is 0 Å². The topological polar surface area (TPSA) is 33.3 Å². The minimum absolute atomic E-state index is 0.103. The first kappa shape index (κ1) is 42.3. The van der Waals surface area contributed by atoms with Crippen molar-refractivity contribution in [3.05, 3.63) is 0 Å². The van der Waals surface area contributed by atoms with Gasteiger partial charge in [0.1, 0.15) is 0 Å². The molecule has 0 spiro atoms. The summed E-state index contributed by atoms with van der Waals surface area (Å²) < 4.78 is 17.3. The van der Waals surface area contributed by atoms with E-state index in [0.29, 0.717) is 0 Å². The molecule has 41 heavy (non-hydrogen) atoms. The summed E-state index contributed by atoms with van der Waals surface area (Å²) in [5.41, 5.74) is 0. The number of hydrogen-bond donors (Lipinski definition) is 2.